The van der Waals surface area contributed by atoms with Crippen LogP contribution in [0.3, 0.4) is 0 Å². The molecule has 1 N–H and O–H groups in total. The number of esters is 1. The Kier molecular flexibility index (Phi) is 4.71. The number of hydrogen-bond donors (Lipinski definition) is 1. The Morgan fingerprint density at radius 2 is 1.92 bits per heavy atom. The van der Waals surface area contributed by atoms with Crippen molar-refractivity contribution in [1.29, 1.82) is 0 Å². The predicted octanol–water partition coefficient (Wildman–Crippen LogP) is 4.06. The molecular formula is C19H18FN3O3. The first-order chi connectivity index (χ1) is 12.4. The molecule has 26 heavy (non-hydrogen) atoms. The molecule has 0 unspecified atom stereocenters. The first-order valence-corrected chi connectivity index (χ1v) is 7.94. The summed E-state index contributed by atoms with van der Waals surface area (Å²) in [7, 11) is 1.47. The second kappa shape index (κ2) is 6.95. The number of carbonyl (C=O) groups is 1. The minimum absolute atomic E-state index is 0.242. The van der Waals surface area contributed by atoms with Crippen molar-refractivity contribution in [2.24, 2.45) is 0 Å². The van der Waals surface area contributed by atoms with Crippen LogP contribution in [0.5, 0.6) is 11.5 Å². The molecule has 0 aliphatic carbocycles. The number of nitrogens with zero attached hydrogens (tertiary/aromatic N) is 2. The minimum atomic E-state index is -0.478. The first kappa shape index (κ1) is 17.6. The molecule has 0 amide bonds. The van der Waals surface area contributed by atoms with Gasteiger partial charge in [0.25, 0.3) is 0 Å². The summed E-state index contributed by atoms with van der Waals surface area (Å²) < 4.78 is 25.0. The van der Waals surface area contributed by atoms with Crippen LogP contribution in [-0.2, 0) is 4.79 Å². The summed E-state index contributed by atoms with van der Waals surface area (Å²) in [6.45, 7) is 4.87. The van der Waals surface area contributed by atoms with Gasteiger partial charge in [-0.2, -0.15) is 0 Å². The van der Waals surface area contributed by atoms with Crippen molar-refractivity contribution in [1.82, 2.24) is 9.97 Å². The highest BCUT2D eigenvalue weighted by Crippen LogP contribution is 2.35. The SMILES string of the molecule is COc1cc2ncnc(Nc3ccc(C)c(C)c3F)c2cc1OC(C)=O. The number of aromatic nitrogens is 2. The third-order valence-corrected chi connectivity index (χ3v) is 4.08. The fraction of sp³-hybridized carbons (Fsp3) is 0.211. The van der Waals surface area contributed by atoms with Gasteiger partial charge in [0, 0.05) is 18.4 Å². The van der Waals surface area contributed by atoms with E-state index in [9.17, 15) is 9.18 Å². The molecule has 0 saturated carbocycles. The normalized spacial score (nSPS) is 10.7. The maximum atomic E-state index is 14.5. The Balaban J connectivity index is 2.11. The minimum Gasteiger partial charge on any atom is -0.493 e. The molecule has 0 saturated heterocycles. The molecule has 0 fully saturated rings. The summed E-state index contributed by atoms with van der Waals surface area (Å²) in [4.78, 5) is 19.7. The molecule has 2 aromatic carbocycles. The highest BCUT2D eigenvalue weighted by molar-refractivity contribution is 5.93. The average Bonchev–Trinajstić information content (AvgIpc) is 2.61. The van der Waals surface area contributed by atoms with E-state index in [1.54, 1.807) is 25.1 Å². The highest BCUT2D eigenvalue weighted by Gasteiger charge is 2.15. The topological polar surface area (TPSA) is 73.3 Å². The summed E-state index contributed by atoms with van der Waals surface area (Å²) in [5.74, 6) is 0.188. The fourth-order valence-corrected chi connectivity index (χ4v) is 2.56. The van der Waals surface area contributed by atoms with Gasteiger partial charge in [0.05, 0.1) is 18.3 Å². The zero-order valence-corrected chi connectivity index (χ0v) is 14.9. The van der Waals surface area contributed by atoms with Crippen LogP contribution in [0, 0.1) is 19.7 Å². The number of methoxy groups -OCH3 is 1. The highest BCUT2D eigenvalue weighted by atomic mass is 19.1. The quantitative estimate of drug-likeness (QED) is 0.562. The van der Waals surface area contributed by atoms with E-state index in [0.29, 0.717) is 33.7 Å². The third-order valence-electron chi connectivity index (χ3n) is 4.08. The van der Waals surface area contributed by atoms with E-state index >= 15 is 0 Å². The largest absolute Gasteiger partial charge is 0.493 e. The second-order valence-corrected chi connectivity index (χ2v) is 5.83. The van der Waals surface area contributed by atoms with E-state index in [1.165, 1.54) is 20.4 Å². The van der Waals surface area contributed by atoms with E-state index in [-0.39, 0.29) is 11.6 Å². The van der Waals surface area contributed by atoms with Crippen LogP contribution in [0.1, 0.15) is 18.1 Å². The molecule has 0 bridgehead atoms. The zero-order valence-electron chi connectivity index (χ0n) is 14.9. The van der Waals surface area contributed by atoms with E-state index in [0.717, 1.165) is 5.56 Å². The lowest BCUT2D eigenvalue weighted by molar-refractivity contribution is -0.132. The Bertz CT molecular complexity index is 1000. The summed E-state index contributed by atoms with van der Waals surface area (Å²) in [5, 5.41) is 3.57. The summed E-state index contributed by atoms with van der Waals surface area (Å²) >= 11 is 0. The standard InChI is InChI=1S/C19H18FN3O3/c1-10-5-6-14(18(20)11(10)2)23-19-13-7-17(26-12(3)24)16(25-4)8-15(13)21-9-22-19/h5-9H,1-4H3,(H,21,22,23). The molecular weight excluding hydrogens is 337 g/mol. The summed E-state index contributed by atoms with van der Waals surface area (Å²) in [5.41, 5.74) is 2.30. The second-order valence-electron chi connectivity index (χ2n) is 5.83. The smallest absolute Gasteiger partial charge is 0.308 e. The maximum Gasteiger partial charge on any atom is 0.308 e. The molecule has 0 atom stereocenters. The van der Waals surface area contributed by atoms with Gasteiger partial charge in [-0.1, -0.05) is 6.07 Å². The van der Waals surface area contributed by atoms with E-state index in [4.69, 9.17) is 9.47 Å². The van der Waals surface area contributed by atoms with Crippen LogP contribution in [0.2, 0.25) is 0 Å². The van der Waals surface area contributed by atoms with Crippen LogP contribution >= 0.6 is 0 Å². The van der Waals surface area contributed by atoms with Gasteiger partial charge in [-0.25, -0.2) is 14.4 Å². The zero-order chi connectivity index (χ0) is 18.8. The van der Waals surface area contributed by atoms with Gasteiger partial charge in [0.2, 0.25) is 0 Å². The van der Waals surface area contributed by atoms with Crippen molar-refractivity contribution in [3.63, 3.8) is 0 Å². The predicted molar refractivity (Wildman–Crippen MR) is 96.6 cm³/mol. The molecule has 134 valence electrons. The van der Waals surface area contributed by atoms with Crippen molar-refractivity contribution < 1.29 is 18.7 Å². The number of anilines is 2. The number of carbonyl (C=O) groups excluding carboxylic acids is 1. The van der Waals surface area contributed by atoms with E-state index in [2.05, 4.69) is 15.3 Å². The molecule has 0 spiro atoms. The molecule has 6 nitrogen and oxygen atoms in total. The van der Waals surface area contributed by atoms with Crippen LogP contribution in [0.4, 0.5) is 15.9 Å². The Morgan fingerprint density at radius 1 is 1.15 bits per heavy atom. The van der Waals surface area contributed by atoms with Crippen LogP contribution in [-0.4, -0.2) is 23.0 Å². The van der Waals surface area contributed by atoms with Gasteiger partial charge in [-0.05, 0) is 37.1 Å². The maximum absolute atomic E-state index is 14.5. The number of ether oxygens (including phenoxy) is 2. The Hall–Kier alpha value is -3.22. The van der Waals surface area contributed by atoms with E-state index < -0.39 is 5.97 Å². The van der Waals surface area contributed by atoms with Gasteiger partial charge in [0.1, 0.15) is 18.0 Å². The first-order valence-electron chi connectivity index (χ1n) is 7.94. The Morgan fingerprint density at radius 3 is 2.62 bits per heavy atom. The van der Waals surface area contributed by atoms with Gasteiger partial charge < -0.3 is 14.8 Å². The van der Waals surface area contributed by atoms with Crippen molar-refractivity contribution in [3.8, 4) is 11.5 Å². The lowest BCUT2D eigenvalue weighted by atomic mass is 10.1. The number of aryl methyl sites for hydroxylation is 1. The van der Waals surface area contributed by atoms with Crippen molar-refractivity contribution in [3.05, 3.63) is 47.5 Å². The number of nitrogens with one attached hydrogen (secondary N) is 1. The van der Waals surface area contributed by atoms with Gasteiger partial charge in [-0.3, -0.25) is 4.79 Å². The van der Waals surface area contributed by atoms with Crippen molar-refractivity contribution >= 4 is 28.4 Å². The number of hydrogen-bond acceptors (Lipinski definition) is 6. The van der Waals surface area contributed by atoms with Crippen molar-refractivity contribution in [2.45, 2.75) is 20.8 Å². The molecule has 0 aliphatic heterocycles. The molecule has 7 heteroatoms. The van der Waals surface area contributed by atoms with Gasteiger partial charge in [-0.15, -0.1) is 0 Å². The molecule has 1 heterocycles. The van der Waals surface area contributed by atoms with Crippen LogP contribution < -0.4 is 14.8 Å². The number of benzene rings is 2. The molecule has 3 rings (SSSR count). The average molecular weight is 355 g/mol. The monoisotopic (exact) mass is 355 g/mol. The number of halogens is 1. The summed E-state index contributed by atoms with van der Waals surface area (Å²) in [6, 6.07) is 6.72. The van der Waals surface area contributed by atoms with E-state index in [1.807, 2.05) is 13.0 Å². The molecule has 0 radical (unpaired) electrons. The fourth-order valence-electron chi connectivity index (χ4n) is 2.56. The third kappa shape index (κ3) is 3.28. The van der Waals surface area contributed by atoms with Gasteiger partial charge in [0.15, 0.2) is 11.5 Å². The molecule has 3 aromatic rings. The van der Waals surface area contributed by atoms with Gasteiger partial charge >= 0.3 is 5.97 Å². The van der Waals surface area contributed by atoms with Crippen LogP contribution in [0.25, 0.3) is 10.9 Å². The lowest BCUT2D eigenvalue weighted by Gasteiger charge is -2.14. The summed E-state index contributed by atoms with van der Waals surface area (Å²) in [6.07, 6.45) is 1.37. The molecule has 1 aromatic heterocycles. The lowest BCUT2D eigenvalue weighted by Crippen LogP contribution is -2.04. The molecule has 0 aliphatic rings. The van der Waals surface area contributed by atoms with Crippen molar-refractivity contribution in [2.75, 3.05) is 12.4 Å². The number of fused-ring (bicyclic) bond motifs is 1. The number of rotatable bonds is 4. The Labute approximate surface area is 150 Å². The van der Waals surface area contributed by atoms with Crippen LogP contribution in [0.15, 0.2) is 30.6 Å².